The lowest BCUT2D eigenvalue weighted by atomic mass is 10.2. The number of carbonyl (C=O) groups is 1. The van der Waals surface area contributed by atoms with Crippen LogP contribution in [-0.4, -0.2) is 40.6 Å². The normalized spacial score (nSPS) is 15.1. The number of hydrogen-bond donors (Lipinski definition) is 2. The van der Waals surface area contributed by atoms with Gasteiger partial charge in [-0.05, 0) is 25.0 Å². The van der Waals surface area contributed by atoms with Crippen LogP contribution in [0.3, 0.4) is 0 Å². The average Bonchev–Trinajstić information content (AvgIpc) is 3.27. The van der Waals surface area contributed by atoms with Gasteiger partial charge in [-0.2, -0.15) is 0 Å². The van der Waals surface area contributed by atoms with Crippen molar-refractivity contribution in [2.45, 2.75) is 23.8 Å². The molecule has 0 amide bonds. The summed E-state index contributed by atoms with van der Waals surface area (Å²) in [4.78, 5) is 11.5. The smallest absolute Gasteiger partial charge is 0.339 e. The number of benzene rings is 1. The molecule has 1 aliphatic rings. The fraction of sp³-hybridized carbons (Fsp3) is 0.462. The molecule has 2 rings (SSSR count). The van der Waals surface area contributed by atoms with Crippen LogP contribution < -0.4 is 10.0 Å². The Morgan fingerprint density at radius 1 is 1.30 bits per heavy atom. The molecule has 0 heterocycles. The minimum Gasteiger partial charge on any atom is -0.465 e. The second-order valence-electron chi connectivity index (χ2n) is 4.61. The van der Waals surface area contributed by atoms with Crippen LogP contribution in [0.2, 0.25) is 0 Å². The Bertz CT molecular complexity index is 582. The molecule has 7 heteroatoms. The molecule has 0 bridgehead atoms. The second-order valence-corrected chi connectivity index (χ2v) is 6.35. The molecule has 110 valence electrons. The Morgan fingerprint density at radius 2 is 2.00 bits per heavy atom. The quantitative estimate of drug-likeness (QED) is 0.566. The summed E-state index contributed by atoms with van der Waals surface area (Å²) < 4.78 is 31.4. The third-order valence-electron chi connectivity index (χ3n) is 3.01. The molecule has 0 spiro atoms. The molecule has 0 unspecified atom stereocenters. The van der Waals surface area contributed by atoms with E-state index in [1.807, 2.05) is 0 Å². The lowest BCUT2D eigenvalue weighted by Gasteiger charge is -2.10. The average molecular weight is 298 g/mol. The van der Waals surface area contributed by atoms with Gasteiger partial charge in [-0.1, -0.05) is 12.1 Å². The molecule has 1 aromatic rings. The zero-order valence-electron chi connectivity index (χ0n) is 11.3. The molecule has 0 aromatic heterocycles. The maximum Gasteiger partial charge on any atom is 0.339 e. The Balaban J connectivity index is 2.05. The molecule has 20 heavy (non-hydrogen) atoms. The van der Waals surface area contributed by atoms with E-state index in [1.54, 1.807) is 12.1 Å². The highest BCUT2D eigenvalue weighted by atomic mass is 32.2. The number of nitrogens with one attached hydrogen (secondary N) is 2. The van der Waals surface area contributed by atoms with Crippen molar-refractivity contribution in [2.75, 3.05) is 20.2 Å². The van der Waals surface area contributed by atoms with Gasteiger partial charge in [0.05, 0.1) is 17.6 Å². The molecule has 0 aliphatic heterocycles. The number of hydrogen-bond acceptors (Lipinski definition) is 5. The van der Waals surface area contributed by atoms with Gasteiger partial charge in [-0.25, -0.2) is 17.9 Å². The molecule has 0 atom stereocenters. The van der Waals surface area contributed by atoms with Crippen molar-refractivity contribution >= 4 is 16.0 Å². The summed E-state index contributed by atoms with van der Waals surface area (Å²) in [6, 6.07) is 6.52. The lowest BCUT2D eigenvalue weighted by molar-refractivity contribution is 0.0596. The minimum absolute atomic E-state index is 0.0395. The summed E-state index contributed by atoms with van der Waals surface area (Å²) in [5.74, 6) is -0.665. The first-order valence-electron chi connectivity index (χ1n) is 6.45. The molecular weight excluding hydrogens is 280 g/mol. The minimum atomic E-state index is -3.71. The highest BCUT2D eigenvalue weighted by molar-refractivity contribution is 7.89. The van der Waals surface area contributed by atoms with E-state index in [1.165, 1.54) is 19.2 Å². The molecule has 1 saturated carbocycles. The highest BCUT2D eigenvalue weighted by Gasteiger charge is 2.23. The fourth-order valence-corrected chi connectivity index (χ4v) is 3.03. The number of sulfonamides is 1. The van der Waals surface area contributed by atoms with Crippen LogP contribution in [0.25, 0.3) is 0 Å². The van der Waals surface area contributed by atoms with Gasteiger partial charge in [0, 0.05) is 19.1 Å². The third kappa shape index (κ3) is 3.78. The van der Waals surface area contributed by atoms with Crippen LogP contribution in [-0.2, 0) is 14.8 Å². The maximum atomic E-state index is 12.2. The SMILES string of the molecule is COC(=O)c1ccccc1S(=O)(=O)NCCNC1CC1. The number of rotatable bonds is 7. The molecule has 0 radical (unpaired) electrons. The molecule has 1 fully saturated rings. The summed E-state index contributed by atoms with van der Waals surface area (Å²) in [5, 5.41) is 3.21. The second kappa shape index (κ2) is 6.34. The first kappa shape index (κ1) is 15.0. The van der Waals surface area contributed by atoms with Gasteiger partial charge in [0.25, 0.3) is 0 Å². The Labute approximate surface area is 118 Å². The molecule has 1 aromatic carbocycles. The van der Waals surface area contributed by atoms with Crippen molar-refractivity contribution in [2.24, 2.45) is 0 Å². The van der Waals surface area contributed by atoms with Gasteiger partial charge in [0.15, 0.2) is 0 Å². The predicted octanol–water partition coefficient (Wildman–Crippen LogP) is 0.503. The van der Waals surface area contributed by atoms with Crippen molar-refractivity contribution in [3.05, 3.63) is 29.8 Å². The monoisotopic (exact) mass is 298 g/mol. The van der Waals surface area contributed by atoms with Gasteiger partial charge < -0.3 is 10.1 Å². The van der Waals surface area contributed by atoms with Crippen LogP contribution in [0.1, 0.15) is 23.2 Å². The number of methoxy groups -OCH3 is 1. The van der Waals surface area contributed by atoms with Crippen molar-refractivity contribution in [1.29, 1.82) is 0 Å². The Kier molecular flexibility index (Phi) is 4.74. The van der Waals surface area contributed by atoms with E-state index < -0.39 is 16.0 Å². The van der Waals surface area contributed by atoms with E-state index in [0.29, 0.717) is 12.6 Å². The summed E-state index contributed by atoms with van der Waals surface area (Å²) in [7, 11) is -2.49. The largest absolute Gasteiger partial charge is 0.465 e. The van der Waals surface area contributed by atoms with Crippen LogP contribution >= 0.6 is 0 Å². The summed E-state index contributed by atoms with van der Waals surface area (Å²) >= 11 is 0. The van der Waals surface area contributed by atoms with Crippen molar-refractivity contribution < 1.29 is 17.9 Å². The van der Waals surface area contributed by atoms with Crippen LogP contribution in [0.4, 0.5) is 0 Å². The van der Waals surface area contributed by atoms with E-state index in [9.17, 15) is 13.2 Å². The number of carbonyl (C=O) groups excluding carboxylic acids is 1. The van der Waals surface area contributed by atoms with Crippen LogP contribution in [0.15, 0.2) is 29.2 Å². The summed E-state index contributed by atoms with van der Waals surface area (Å²) in [5.41, 5.74) is 0.0395. The molecule has 1 aliphatic carbocycles. The van der Waals surface area contributed by atoms with E-state index in [-0.39, 0.29) is 17.0 Å². The van der Waals surface area contributed by atoms with Gasteiger partial charge in [0.2, 0.25) is 10.0 Å². The van der Waals surface area contributed by atoms with Gasteiger partial charge in [-0.15, -0.1) is 0 Å². The van der Waals surface area contributed by atoms with E-state index in [0.717, 1.165) is 12.8 Å². The van der Waals surface area contributed by atoms with Crippen molar-refractivity contribution in [3.63, 3.8) is 0 Å². The zero-order valence-corrected chi connectivity index (χ0v) is 12.1. The first-order valence-corrected chi connectivity index (χ1v) is 7.93. The highest BCUT2D eigenvalue weighted by Crippen LogP contribution is 2.18. The topological polar surface area (TPSA) is 84.5 Å². The van der Waals surface area contributed by atoms with Crippen LogP contribution in [0.5, 0.6) is 0 Å². The summed E-state index contributed by atoms with van der Waals surface area (Å²) in [6.45, 7) is 0.860. The summed E-state index contributed by atoms with van der Waals surface area (Å²) in [6.07, 6.45) is 2.30. The maximum absolute atomic E-state index is 12.2. The molecular formula is C13H18N2O4S. The predicted molar refractivity (Wildman–Crippen MR) is 74.0 cm³/mol. The Hall–Kier alpha value is -1.44. The van der Waals surface area contributed by atoms with E-state index >= 15 is 0 Å². The van der Waals surface area contributed by atoms with E-state index in [4.69, 9.17) is 0 Å². The Morgan fingerprint density at radius 3 is 2.65 bits per heavy atom. The van der Waals surface area contributed by atoms with Gasteiger partial charge in [-0.3, -0.25) is 0 Å². The zero-order chi connectivity index (χ0) is 14.6. The lowest BCUT2D eigenvalue weighted by Crippen LogP contribution is -2.33. The standard InChI is InChI=1S/C13H18N2O4S/c1-19-13(16)11-4-2-3-5-12(11)20(17,18)15-9-8-14-10-6-7-10/h2-5,10,14-15H,6-9H2,1H3. The van der Waals surface area contributed by atoms with Crippen molar-refractivity contribution in [3.8, 4) is 0 Å². The molecule has 6 nitrogen and oxygen atoms in total. The fourth-order valence-electron chi connectivity index (χ4n) is 1.81. The molecule has 0 saturated heterocycles. The third-order valence-corrected chi connectivity index (χ3v) is 4.53. The van der Waals surface area contributed by atoms with Crippen LogP contribution in [0, 0.1) is 0 Å². The van der Waals surface area contributed by atoms with Crippen molar-refractivity contribution in [1.82, 2.24) is 10.0 Å². The van der Waals surface area contributed by atoms with E-state index in [2.05, 4.69) is 14.8 Å². The number of ether oxygens (including phenoxy) is 1. The first-order chi connectivity index (χ1) is 9.54. The van der Waals surface area contributed by atoms with Gasteiger partial charge in [0.1, 0.15) is 0 Å². The number of esters is 1. The van der Waals surface area contributed by atoms with Gasteiger partial charge >= 0.3 is 5.97 Å². The molecule has 2 N–H and O–H groups in total.